The van der Waals surface area contributed by atoms with Crippen LogP contribution in [0.4, 0.5) is 10.5 Å². The number of aromatic nitrogens is 1. The van der Waals surface area contributed by atoms with E-state index in [0.29, 0.717) is 31.9 Å². The van der Waals surface area contributed by atoms with Crippen molar-refractivity contribution in [2.75, 3.05) is 31.1 Å². The predicted molar refractivity (Wildman–Crippen MR) is 90.0 cm³/mol. The molecule has 0 bridgehead atoms. The first-order valence-electron chi connectivity index (χ1n) is 7.88. The minimum Gasteiger partial charge on any atom is -0.445 e. The average molecular weight is 325 g/mol. The fraction of sp³-hybridized carbons (Fsp3) is 0.278. The standard InChI is InChI=1S/C18H19N3O3/c22-13-16-6-7-17(12-19-16)20-8-10-21(11-9-20)18(23)24-14-15-4-2-1-3-5-15/h1-7,12-13H,8-11,14H2. The van der Waals surface area contributed by atoms with Crippen molar-refractivity contribution >= 4 is 18.1 Å². The van der Waals surface area contributed by atoms with E-state index in [4.69, 9.17) is 4.74 Å². The molecular weight excluding hydrogens is 306 g/mol. The van der Waals surface area contributed by atoms with Gasteiger partial charge in [-0.2, -0.15) is 0 Å². The van der Waals surface area contributed by atoms with Crippen molar-refractivity contribution in [2.24, 2.45) is 0 Å². The number of anilines is 1. The van der Waals surface area contributed by atoms with Gasteiger partial charge in [-0.25, -0.2) is 4.79 Å². The van der Waals surface area contributed by atoms with Crippen molar-refractivity contribution in [1.29, 1.82) is 0 Å². The van der Waals surface area contributed by atoms with Gasteiger partial charge in [0, 0.05) is 26.2 Å². The molecular formula is C18H19N3O3. The second-order valence-corrected chi connectivity index (χ2v) is 5.57. The van der Waals surface area contributed by atoms with Gasteiger partial charge in [0.15, 0.2) is 6.29 Å². The van der Waals surface area contributed by atoms with Crippen LogP contribution in [0.15, 0.2) is 48.7 Å². The lowest BCUT2D eigenvalue weighted by atomic mass is 10.2. The minimum atomic E-state index is -0.284. The van der Waals surface area contributed by atoms with Gasteiger partial charge in [0.2, 0.25) is 0 Å². The van der Waals surface area contributed by atoms with Crippen LogP contribution in [0.1, 0.15) is 16.1 Å². The first kappa shape index (κ1) is 16.0. The molecule has 0 aliphatic carbocycles. The molecule has 0 N–H and O–H groups in total. The summed E-state index contributed by atoms with van der Waals surface area (Å²) in [5.74, 6) is 0. The molecule has 0 radical (unpaired) electrons. The van der Waals surface area contributed by atoms with E-state index in [2.05, 4.69) is 9.88 Å². The Kier molecular flexibility index (Phi) is 5.05. The molecule has 24 heavy (non-hydrogen) atoms. The van der Waals surface area contributed by atoms with Gasteiger partial charge in [0.25, 0.3) is 0 Å². The van der Waals surface area contributed by atoms with Crippen molar-refractivity contribution in [1.82, 2.24) is 9.88 Å². The maximum atomic E-state index is 12.1. The normalized spacial score (nSPS) is 14.3. The van der Waals surface area contributed by atoms with Crippen LogP contribution < -0.4 is 4.90 Å². The van der Waals surface area contributed by atoms with E-state index in [9.17, 15) is 9.59 Å². The van der Waals surface area contributed by atoms with Gasteiger partial charge in [-0.1, -0.05) is 30.3 Å². The zero-order valence-electron chi connectivity index (χ0n) is 13.3. The van der Waals surface area contributed by atoms with Crippen LogP contribution in [0.3, 0.4) is 0 Å². The first-order valence-corrected chi connectivity index (χ1v) is 7.88. The van der Waals surface area contributed by atoms with Gasteiger partial charge in [-0.05, 0) is 17.7 Å². The van der Waals surface area contributed by atoms with Crippen molar-refractivity contribution in [3.8, 4) is 0 Å². The minimum absolute atomic E-state index is 0.284. The van der Waals surface area contributed by atoms with Crippen molar-refractivity contribution in [2.45, 2.75) is 6.61 Å². The summed E-state index contributed by atoms with van der Waals surface area (Å²) >= 11 is 0. The zero-order valence-corrected chi connectivity index (χ0v) is 13.3. The number of aldehydes is 1. The zero-order chi connectivity index (χ0) is 16.8. The number of carbonyl (C=O) groups is 2. The predicted octanol–water partition coefficient (Wildman–Crippen LogP) is 2.35. The molecule has 0 saturated carbocycles. The number of rotatable bonds is 4. The Bertz CT molecular complexity index is 680. The van der Waals surface area contributed by atoms with E-state index in [1.807, 2.05) is 36.4 Å². The SMILES string of the molecule is O=Cc1ccc(N2CCN(C(=O)OCc3ccccc3)CC2)cn1. The highest BCUT2D eigenvalue weighted by atomic mass is 16.6. The summed E-state index contributed by atoms with van der Waals surface area (Å²) in [6, 6.07) is 13.2. The molecule has 2 heterocycles. The smallest absolute Gasteiger partial charge is 0.410 e. The van der Waals surface area contributed by atoms with Crippen LogP contribution in [0.5, 0.6) is 0 Å². The van der Waals surface area contributed by atoms with Gasteiger partial charge in [0.05, 0.1) is 11.9 Å². The monoisotopic (exact) mass is 325 g/mol. The Morgan fingerprint density at radius 2 is 1.83 bits per heavy atom. The molecule has 1 aromatic heterocycles. The summed E-state index contributed by atoms with van der Waals surface area (Å²) in [5.41, 5.74) is 2.35. The van der Waals surface area contributed by atoms with Gasteiger partial charge in [-0.15, -0.1) is 0 Å². The van der Waals surface area contributed by atoms with Crippen molar-refractivity contribution < 1.29 is 14.3 Å². The highest BCUT2D eigenvalue weighted by Crippen LogP contribution is 2.16. The third kappa shape index (κ3) is 3.90. The van der Waals surface area contributed by atoms with E-state index in [1.54, 1.807) is 17.2 Å². The second kappa shape index (κ2) is 7.59. The highest BCUT2D eigenvalue weighted by molar-refractivity contribution is 5.72. The molecule has 2 aromatic rings. The number of hydrogen-bond acceptors (Lipinski definition) is 5. The fourth-order valence-electron chi connectivity index (χ4n) is 2.61. The number of ether oxygens (including phenoxy) is 1. The molecule has 3 rings (SSSR count). The Balaban J connectivity index is 1.48. The molecule has 1 aromatic carbocycles. The number of hydrogen-bond donors (Lipinski definition) is 0. The molecule has 1 aliphatic heterocycles. The molecule has 1 fully saturated rings. The lowest BCUT2D eigenvalue weighted by molar-refractivity contribution is 0.0941. The molecule has 1 amide bonds. The van der Waals surface area contributed by atoms with E-state index in [-0.39, 0.29) is 12.7 Å². The molecule has 6 nitrogen and oxygen atoms in total. The molecule has 0 spiro atoms. The quantitative estimate of drug-likeness (QED) is 0.808. The van der Waals surface area contributed by atoms with Gasteiger partial charge in [0.1, 0.15) is 12.3 Å². The molecule has 6 heteroatoms. The Labute approximate surface area is 140 Å². The molecule has 1 aliphatic rings. The van der Waals surface area contributed by atoms with Gasteiger partial charge >= 0.3 is 6.09 Å². The van der Waals surface area contributed by atoms with Crippen LogP contribution in [-0.4, -0.2) is 48.4 Å². The second-order valence-electron chi connectivity index (χ2n) is 5.57. The van der Waals surface area contributed by atoms with Gasteiger partial charge in [-0.3, -0.25) is 9.78 Å². The Morgan fingerprint density at radius 1 is 1.08 bits per heavy atom. The highest BCUT2D eigenvalue weighted by Gasteiger charge is 2.22. The van der Waals surface area contributed by atoms with Crippen molar-refractivity contribution in [3.05, 3.63) is 59.9 Å². The third-order valence-electron chi connectivity index (χ3n) is 4.00. The molecule has 124 valence electrons. The maximum absolute atomic E-state index is 12.1. The number of nitrogens with zero attached hydrogens (tertiary/aromatic N) is 3. The maximum Gasteiger partial charge on any atom is 0.410 e. The van der Waals surface area contributed by atoms with Crippen LogP contribution >= 0.6 is 0 Å². The Morgan fingerprint density at radius 3 is 2.46 bits per heavy atom. The largest absolute Gasteiger partial charge is 0.445 e. The van der Waals surface area contributed by atoms with Crippen LogP contribution in [0, 0.1) is 0 Å². The number of piperazine rings is 1. The summed E-state index contributed by atoms with van der Waals surface area (Å²) in [7, 11) is 0. The topological polar surface area (TPSA) is 62.7 Å². The summed E-state index contributed by atoms with van der Waals surface area (Å²) in [4.78, 5) is 30.7. The van der Waals surface area contributed by atoms with E-state index in [1.165, 1.54) is 0 Å². The van der Waals surface area contributed by atoms with E-state index < -0.39 is 0 Å². The molecule has 0 unspecified atom stereocenters. The molecule has 0 atom stereocenters. The number of carbonyl (C=O) groups excluding carboxylic acids is 2. The molecule has 1 saturated heterocycles. The average Bonchev–Trinajstić information content (AvgIpc) is 2.67. The Hall–Kier alpha value is -2.89. The summed E-state index contributed by atoms with van der Waals surface area (Å²) in [5, 5.41) is 0. The van der Waals surface area contributed by atoms with Crippen LogP contribution in [-0.2, 0) is 11.3 Å². The van der Waals surface area contributed by atoms with Gasteiger partial charge < -0.3 is 14.5 Å². The van der Waals surface area contributed by atoms with Crippen molar-refractivity contribution in [3.63, 3.8) is 0 Å². The summed E-state index contributed by atoms with van der Waals surface area (Å²) in [6.45, 7) is 2.91. The number of benzene rings is 1. The third-order valence-corrected chi connectivity index (χ3v) is 4.00. The lowest BCUT2D eigenvalue weighted by Crippen LogP contribution is -2.49. The summed E-state index contributed by atoms with van der Waals surface area (Å²) in [6.07, 6.45) is 2.13. The lowest BCUT2D eigenvalue weighted by Gasteiger charge is -2.35. The van der Waals surface area contributed by atoms with Crippen LogP contribution in [0.25, 0.3) is 0 Å². The summed E-state index contributed by atoms with van der Waals surface area (Å²) < 4.78 is 5.36. The number of pyridine rings is 1. The first-order chi connectivity index (χ1) is 11.8. The van der Waals surface area contributed by atoms with E-state index in [0.717, 1.165) is 17.5 Å². The fourth-order valence-corrected chi connectivity index (χ4v) is 2.61. The van der Waals surface area contributed by atoms with Crippen LogP contribution in [0.2, 0.25) is 0 Å². The van der Waals surface area contributed by atoms with E-state index >= 15 is 0 Å². The number of amides is 1.